The Morgan fingerprint density at radius 1 is 0.880 bits per heavy atom. The second kappa shape index (κ2) is 16.3. The van der Waals surface area contributed by atoms with Crippen molar-refractivity contribution in [3.05, 3.63) is 0 Å². The summed E-state index contributed by atoms with van der Waals surface area (Å²) in [5.41, 5.74) is -0.695. The summed E-state index contributed by atoms with van der Waals surface area (Å²) in [7, 11) is -3.49. The monoisotopic (exact) mass is 717 g/mol. The number of Topliss-reactive ketones (excluding diaryl/α,β-unsaturated/α-hetero) is 3. The number of nitrogens with one attached hydrogen (secondary N) is 1. The molecule has 10 nitrogen and oxygen atoms in total. The zero-order valence-electron chi connectivity index (χ0n) is 31.2. The molecule has 0 aromatic carbocycles. The van der Waals surface area contributed by atoms with Crippen LogP contribution in [-0.4, -0.2) is 84.3 Å². The van der Waals surface area contributed by atoms with Gasteiger partial charge >= 0.3 is 0 Å². The van der Waals surface area contributed by atoms with Crippen LogP contribution in [0, 0.1) is 34.5 Å². The third-order valence-electron chi connectivity index (χ3n) is 13.4. The van der Waals surface area contributed by atoms with E-state index >= 15 is 0 Å². The molecule has 2 saturated carbocycles. The fourth-order valence-electron chi connectivity index (χ4n) is 10.4. The topological polar surface area (TPSA) is 138 Å². The molecule has 0 bridgehead atoms. The molecule has 5 fully saturated rings. The maximum atomic E-state index is 14.6. The van der Waals surface area contributed by atoms with Crippen LogP contribution in [0.4, 0.5) is 0 Å². The number of ketones is 3. The van der Waals surface area contributed by atoms with Crippen molar-refractivity contribution in [3.8, 4) is 0 Å². The first kappa shape index (κ1) is 39.1. The molecule has 0 aromatic rings. The third kappa shape index (κ3) is 8.08. The van der Waals surface area contributed by atoms with Crippen LogP contribution >= 0.6 is 0 Å². The minimum Gasteiger partial charge on any atom is -0.350 e. The Morgan fingerprint density at radius 2 is 1.52 bits per heavy atom. The summed E-state index contributed by atoms with van der Waals surface area (Å²) in [6, 6.07) is -0.660. The van der Waals surface area contributed by atoms with Gasteiger partial charge in [0.05, 0.1) is 11.3 Å². The molecule has 3 aliphatic heterocycles. The highest BCUT2D eigenvalue weighted by Crippen LogP contribution is 2.65. The van der Waals surface area contributed by atoms with Crippen LogP contribution in [0.15, 0.2) is 0 Å². The van der Waals surface area contributed by atoms with Gasteiger partial charge in [0.2, 0.25) is 21.7 Å². The summed E-state index contributed by atoms with van der Waals surface area (Å²) in [6.45, 7) is 9.86. The Balaban J connectivity index is 1.37. The molecule has 0 aromatic heterocycles. The SMILES string of the molecule is CCCNC(=O)C(=O)[C@@H]1CCCCCCCC[C@H](CC(=O)CC2([C@@H]3CCN(CC)S3(=O)=O)CCCCC2)C(=O)N2C[C@H]3[C@@H]([C@H]2C(=O)C1)C3(C)C. The van der Waals surface area contributed by atoms with Gasteiger partial charge in [-0.15, -0.1) is 0 Å². The molecule has 3 saturated heterocycles. The van der Waals surface area contributed by atoms with E-state index < -0.39 is 50.3 Å². The Hall–Kier alpha value is -2.14. The van der Waals surface area contributed by atoms with Crippen LogP contribution in [0.1, 0.15) is 143 Å². The summed E-state index contributed by atoms with van der Waals surface area (Å²) in [5.74, 6) is -2.60. The highest BCUT2D eigenvalue weighted by molar-refractivity contribution is 7.90. The van der Waals surface area contributed by atoms with Gasteiger partial charge in [0.25, 0.3) is 5.91 Å². The molecule has 0 unspecified atom stereocenters. The fraction of sp³-hybridized carbons (Fsp3) is 0.872. The van der Waals surface area contributed by atoms with Gasteiger partial charge in [0.15, 0.2) is 5.78 Å². The molecular formula is C39H63N3O7S. The van der Waals surface area contributed by atoms with Gasteiger partial charge < -0.3 is 10.2 Å². The van der Waals surface area contributed by atoms with Crippen molar-refractivity contribution in [2.45, 2.75) is 155 Å². The van der Waals surface area contributed by atoms with Crippen LogP contribution in [0.25, 0.3) is 0 Å². The van der Waals surface area contributed by atoms with Crippen molar-refractivity contribution in [1.82, 2.24) is 14.5 Å². The molecule has 0 spiro atoms. The Bertz CT molecular complexity index is 1390. The molecular weight excluding hydrogens is 655 g/mol. The Labute approximate surface area is 300 Å². The number of carbonyl (C=O) groups excluding carboxylic acids is 5. The van der Waals surface area contributed by atoms with Crippen LogP contribution in [0.5, 0.6) is 0 Å². The number of sulfonamides is 1. The maximum Gasteiger partial charge on any atom is 0.287 e. The summed E-state index contributed by atoms with van der Waals surface area (Å²) < 4.78 is 28.8. The molecule has 0 radical (unpaired) electrons. The first-order valence-corrected chi connectivity index (χ1v) is 21.4. The Morgan fingerprint density at radius 3 is 2.16 bits per heavy atom. The van der Waals surface area contributed by atoms with Crippen molar-refractivity contribution < 1.29 is 32.4 Å². The average Bonchev–Trinajstić information content (AvgIpc) is 3.36. The van der Waals surface area contributed by atoms with Crippen molar-refractivity contribution in [2.75, 3.05) is 26.2 Å². The van der Waals surface area contributed by atoms with Gasteiger partial charge in [-0.2, -0.15) is 0 Å². The number of amides is 2. The van der Waals surface area contributed by atoms with Crippen molar-refractivity contribution in [3.63, 3.8) is 0 Å². The number of hydrogen-bond acceptors (Lipinski definition) is 7. The molecule has 50 heavy (non-hydrogen) atoms. The van der Waals surface area contributed by atoms with Crippen molar-refractivity contribution in [1.29, 1.82) is 0 Å². The Kier molecular flexibility index (Phi) is 12.7. The van der Waals surface area contributed by atoms with Crippen LogP contribution < -0.4 is 5.32 Å². The first-order chi connectivity index (χ1) is 23.8. The predicted molar refractivity (Wildman–Crippen MR) is 192 cm³/mol. The van der Waals surface area contributed by atoms with E-state index in [0.717, 1.165) is 70.6 Å². The van der Waals surface area contributed by atoms with Crippen LogP contribution in [0.2, 0.25) is 0 Å². The second-order valence-corrected chi connectivity index (χ2v) is 19.0. The standard InChI is InChI=1S/C39H63N3O7S/c1-5-21-40-36(46)35(45)27-16-12-9-7-8-10-13-17-28(37(47)42-26-30-33(38(30,3)4)34(42)31(44)24-27)23-29(43)25-39(19-14-11-15-20-39)32-18-22-41(6-2)50(32,48)49/h27-28,30,32-34H,5-26H2,1-4H3,(H,40,46)/t27-,28-,30+,32+,33+,34-/m1/s1. The van der Waals surface area contributed by atoms with Crippen molar-refractivity contribution >= 4 is 39.2 Å². The fourth-order valence-corrected chi connectivity index (χ4v) is 12.8. The number of nitrogens with zero attached hydrogens (tertiary/aromatic N) is 2. The molecule has 5 aliphatic rings. The molecule has 2 aliphatic carbocycles. The number of carbonyl (C=O) groups is 5. The van der Waals surface area contributed by atoms with E-state index in [4.69, 9.17) is 0 Å². The van der Waals surface area contributed by atoms with Gasteiger partial charge in [-0.1, -0.05) is 85.5 Å². The zero-order chi connectivity index (χ0) is 36.3. The zero-order valence-corrected chi connectivity index (χ0v) is 32.0. The van der Waals surface area contributed by atoms with Gasteiger partial charge in [-0.25, -0.2) is 12.7 Å². The summed E-state index contributed by atoms with van der Waals surface area (Å²) in [6.07, 6.45) is 12.2. The van der Waals surface area contributed by atoms with Gasteiger partial charge in [-0.05, 0) is 61.2 Å². The van der Waals surface area contributed by atoms with Crippen LogP contribution in [0.3, 0.4) is 0 Å². The smallest absolute Gasteiger partial charge is 0.287 e. The molecule has 3 heterocycles. The van der Waals surface area contributed by atoms with E-state index in [2.05, 4.69) is 19.2 Å². The normalized spacial score (nSPS) is 33.1. The van der Waals surface area contributed by atoms with E-state index in [0.29, 0.717) is 51.9 Å². The lowest BCUT2D eigenvalue weighted by Crippen LogP contribution is -2.49. The quantitative estimate of drug-likeness (QED) is 0.290. The number of fused-ring (bicyclic) bond motifs is 3. The van der Waals surface area contributed by atoms with E-state index in [-0.39, 0.29) is 54.0 Å². The van der Waals surface area contributed by atoms with E-state index in [9.17, 15) is 32.4 Å². The lowest BCUT2D eigenvalue weighted by atomic mass is 9.67. The van der Waals surface area contributed by atoms with E-state index in [1.165, 1.54) is 0 Å². The molecule has 1 N–H and O–H groups in total. The molecule has 2 amide bonds. The maximum absolute atomic E-state index is 14.6. The lowest BCUT2D eigenvalue weighted by molar-refractivity contribution is -0.146. The summed E-state index contributed by atoms with van der Waals surface area (Å²) >= 11 is 0. The third-order valence-corrected chi connectivity index (χ3v) is 16.0. The minimum absolute atomic E-state index is 0.00440. The number of piperidine rings is 1. The lowest BCUT2D eigenvalue weighted by Gasteiger charge is -2.41. The highest BCUT2D eigenvalue weighted by atomic mass is 32.2. The largest absolute Gasteiger partial charge is 0.350 e. The number of rotatable bonds is 10. The predicted octanol–water partition coefficient (Wildman–Crippen LogP) is 5.61. The molecule has 6 atom stereocenters. The summed E-state index contributed by atoms with van der Waals surface area (Å²) in [5, 5.41) is 2.13. The van der Waals surface area contributed by atoms with Gasteiger partial charge in [0, 0.05) is 57.3 Å². The molecule has 5 rings (SSSR count). The van der Waals surface area contributed by atoms with Crippen molar-refractivity contribution in [2.24, 2.45) is 34.5 Å². The van der Waals surface area contributed by atoms with Gasteiger partial charge in [-0.3, -0.25) is 24.0 Å². The molecule has 11 heteroatoms. The van der Waals surface area contributed by atoms with E-state index in [1.807, 2.05) is 13.8 Å². The first-order valence-electron chi connectivity index (χ1n) is 19.9. The summed E-state index contributed by atoms with van der Waals surface area (Å²) in [4.78, 5) is 70.8. The van der Waals surface area contributed by atoms with Gasteiger partial charge in [0.1, 0.15) is 5.78 Å². The minimum atomic E-state index is -3.49. The van der Waals surface area contributed by atoms with Crippen LogP contribution in [-0.2, 0) is 34.0 Å². The second-order valence-electron chi connectivity index (χ2n) is 16.9. The molecule has 282 valence electrons. The average molecular weight is 718 g/mol. The number of hydrogen-bond donors (Lipinski definition) is 1. The van der Waals surface area contributed by atoms with E-state index in [1.54, 1.807) is 9.21 Å². The highest BCUT2D eigenvalue weighted by Gasteiger charge is 2.69.